The normalized spacial score (nSPS) is 11.4. The van der Waals surface area contributed by atoms with Crippen molar-refractivity contribution in [2.24, 2.45) is 0 Å². The third-order valence-electron chi connectivity index (χ3n) is 5.64. The minimum Gasteiger partial charge on any atom is -0.327 e. The van der Waals surface area contributed by atoms with E-state index in [9.17, 15) is 8.78 Å². The Morgan fingerprint density at radius 3 is 2.44 bits per heavy atom. The number of fused-ring (bicyclic) bond motifs is 1. The van der Waals surface area contributed by atoms with Gasteiger partial charge in [0, 0.05) is 30.6 Å². The second-order valence-corrected chi connectivity index (χ2v) is 7.88. The van der Waals surface area contributed by atoms with Gasteiger partial charge >= 0.3 is 0 Å². The van der Waals surface area contributed by atoms with Crippen molar-refractivity contribution in [1.82, 2.24) is 19.1 Å². The second kappa shape index (κ2) is 8.04. The smallest absolute Gasteiger partial charge is 0.140 e. The van der Waals surface area contributed by atoms with Crippen molar-refractivity contribution in [2.45, 2.75) is 26.9 Å². The molecule has 0 saturated heterocycles. The highest BCUT2D eigenvalue weighted by Gasteiger charge is 2.14. The highest BCUT2D eigenvalue weighted by atomic mass is 19.1. The van der Waals surface area contributed by atoms with Gasteiger partial charge in [-0.15, -0.1) is 0 Å². The summed E-state index contributed by atoms with van der Waals surface area (Å²) in [5.74, 6) is 0.601. The fourth-order valence-electron chi connectivity index (χ4n) is 4.19. The average Bonchev–Trinajstić information content (AvgIpc) is 3.36. The number of hydrogen-bond acceptors (Lipinski definition) is 2. The number of benzene rings is 3. The van der Waals surface area contributed by atoms with Gasteiger partial charge in [-0.05, 0) is 55.3 Å². The first-order valence-electron chi connectivity index (χ1n) is 10.6. The molecule has 0 spiro atoms. The van der Waals surface area contributed by atoms with Crippen LogP contribution in [-0.2, 0) is 13.1 Å². The number of aromatic nitrogens is 4. The molecular weight excluding hydrogens is 406 g/mol. The van der Waals surface area contributed by atoms with Crippen LogP contribution < -0.4 is 0 Å². The predicted molar refractivity (Wildman–Crippen MR) is 122 cm³/mol. The van der Waals surface area contributed by atoms with Crippen molar-refractivity contribution >= 4 is 11.0 Å². The molecule has 0 radical (unpaired) electrons. The molecule has 3 aromatic carbocycles. The van der Waals surface area contributed by atoms with Gasteiger partial charge in [0.05, 0.1) is 17.6 Å². The molecule has 0 saturated carbocycles. The van der Waals surface area contributed by atoms with Gasteiger partial charge in [-0.1, -0.05) is 29.8 Å². The Hall–Kier alpha value is -3.80. The first-order valence-corrected chi connectivity index (χ1v) is 10.6. The monoisotopic (exact) mass is 428 g/mol. The molecule has 5 rings (SSSR count). The van der Waals surface area contributed by atoms with Gasteiger partial charge in [0.15, 0.2) is 0 Å². The lowest BCUT2D eigenvalue weighted by molar-refractivity contribution is 0.584. The Balaban J connectivity index is 1.55. The molecule has 0 amide bonds. The van der Waals surface area contributed by atoms with Gasteiger partial charge in [-0.3, -0.25) is 0 Å². The number of rotatable bonds is 5. The summed E-state index contributed by atoms with van der Waals surface area (Å²) in [6.07, 6.45) is 3.76. The van der Waals surface area contributed by atoms with Gasteiger partial charge in [-0.2, -0.15) is 0 Å². The lowest BCUT2D eigenvalue weighted by Gasteiger charge is -2.10. The fraction of sp³-hybridized carbons (Fsp3) is 0.154. The summed E-state index contributed by atoms with van der Waals surface area (Å²) < 4.78 is 31.6. The Kier molecular flexibility index (Phi) is 5.05. The topological polar surface area (TPSA) is 35.6 Å². The maximum atomic E-state index is 13.7. The molecular formula is C26H22F2N4. The molecule has 4 nitrogen and oxygen atoms in total. The van der Waals surface area contributed by atoms with Crippen molar-refractivity contribution < 1.29 is 8.78 Å². The maximum absolute atomic E-state index is 13.7. The zero-order chi connectivity index (χ0) is 22.2. The molecule has 0 atom stereocenters. The lowest BCUT2D eigenvalue weighted by atomic mass is 10.0. The van der Waals surface area contributed by atoms with Crippen LogP contribution >= 0.6 is 0 Å². The molecule has 0 aliphatic rings. The predicted octanol–water partition coefficient (Wildman–Crippen LogP) is 6.22. The van der Waals surface area contributed by atoms with E-state index in [1.807, 2.05) is 30.5 Å². The quantitative estimate of drug-likeness (QED) is 0.333. The number of aryl methyl sites for hydroxylation is 2. The molecule has 0 bridgehead atoms. The maximum Gasteiger partial charge on any atom is 0.140 e. The van der Waals surface area contributed by atoms with Crippen LogP contribution in [0.5, 0.6) is 0 Å². The highest BCUT2D eigenvalue weighted by molar-refractivity contribution is 5.82. The van der Waals surface area contributed by atoms with Crippen molar-refractivity contribution in [3.8, 4) is 22.5 Å². The lowest BCUT2D eigenvalue weighted by Crippen LogP contribution is -2.08. The minimum atomic E-state index is -0.594. The molecule has 0 aliphatic heterocycles. The molecule has 0 aliphatic carbocycles. The van der Waals surface area contributed by atoms with E-state index in [2.05, 4.69) is 46.2 Å². The van der Waals surface area contributed by atoms with Crippen molar-refractivity contribution in [3.05, 3.63) is 96.1 Å². The first kappa shape index (κ1) is 20.1. The number of imidazole rings is 2. The largest absolute Gasteiger partial charge is 0.327 e. The molecule has 5 aromatic rings. The first-order chi connectivity index (χ1) is 15.5. The zero-order valence-electron chi connectivity index (χ0n) is 17.9. The van der Waals surface area contributed by atoms with Crippen LogP contribution in [0.3, 0.4) is 0 Å². The SMILES string of the molecule is CCn1c(Cn2ccnc2-c2cccc(C)c2)nc2cc(-c3cc(F)cc(F)c3)ccc21. The van der Waals surface area contributed by atoms with E-state index in [4.69, 9.17) is 4.98 Å². The van der Waals surface area contributed by atoms with Gasteiger partial charge < -0.3 is 9.13 Å². The van der Waals surface area contributed by atoms with Gasteiger partial charge in [0.1, 0.15) is 23.3 Å². The fourth-order valence-corrected chi connectivity index (χ4v) is 4.19. The van der Waals surface area contributed by atoms with Gasteiger partial charge in [0.25, 0.3) is 0 Å². The molecule has 0 fully saturated rings. The summed E-state index contributed by atoms with van der Waals surface area (Å²) in [5.41, 5.74) is 5.24. The van der Waals surface area contributed by atoms with Crippen molar-refractivity contribution in [1.29, 1.82) is 0 Å². The summed E-state index contributed by atoms with van der Waals surface area (Å²) in [7, 11) is 0. The highest BCUT2D eigenvalue weighted by Crippen LogP contribution is 2.27. The summed E-state index contributed by atoms with van der Waals surface area (Å²) in [5, 5.41) is 0. The number of halogens is 2. The van der Waals surface area contributed by atoms with Crippen LogP contribution in [-0.4, -0.2) is 19.1 Å². The van der Waals surface area contributed by atoms with Gasteiger partial charge in [-0.25, -0.2) is 18.7 Å². The summed E-state index contributed by atoms with van der Waals surface area (Å²) in [6, 6.07) is 17.5. The molecule has 0 unspecified atom stereocenters. The average molecular weight is 428 g/mol. The number of hydrogen-bond donors (Lipinski definition) is 0. The van der Waals surface area contributed by atoms with Crippen LogP contribution in [0.25, 0.3) is 33.5 Å². The van der Waals surface area contributed by atoms with E-state index in [1.54, 1.807) is 6.20 Å². The third-order valence-corrected chi connectivity index (χ3v) is 5.64. The Labute approximate surface area is 184 Å². The minimum absolute atomic E-state index is 0.494. The van der Waals surface area contributed by atoms with Crippen LogP contribution in [0.15, 0.2) is 73.1 Å². The van der Waals surface area contributed by atoms with Gasteiger partial charge in [0.2, 0.25) is 0 Å². The molecule has 0 N–H and O–H groups in total. The standard InChI is InChI=1S/C26H22F2N4/c1-3-32-24-8-7-18(20-12-21(27)15-22(28)13-20)14-23(24)30-25(32)16-31-10-9-29-26(31)19-6-4-5-17(2)11-19/h4-15H,3,16H2,1-2H3. The number of nitrogens with zero attached hydrogens (tertiary/aromatic N) is 4. The second-order valence-electron chi connectivity index (χ2n) is 7.88. The van der Waals surface area contributed by atoms with E-state index in [0.717, 1.165) is 46.4 Å². The van der Waals surface area contributed by atoms with E-state index in [-0.39, 0.29) is 0 Å². The van der Waals surface area contributed by atoms with Crippen molar-refractivity contribution in [2.75, 3.05) is 0 Å². The molecule has 2 heterocycles. The Morgan fingerprint density at radius 2 is 1.69 bits per heavy atom. The van der Waals surface area contributed by atoms with Crippen LogP contribution in [0.1, 0.15) is 18.3 Å². The van der Waals surface area contributed by atoms with Crippen molar-refractivity contribution in [3.63, 3.8) is 0 Å². The molecule has 6 heteroatoms. The van der Waals surface area contributed by atoms with Crippen LogP contribution in [0, 0.1) is 18.6 Å². The van der Waals surface area contributed by atoms with Crippen LogP contribution in [0.4, 0.5) is 8.78 Å². The third kappa shape index (κ3) is 3.68. The zero-order valence-corrected chi connectivity index (χ0v) is 17.9. The summed E-state index contributed by atoms with van der Waals surface area (Å²) >= 11 is 0. The Morgan fingerprint density at radius 1 is 0.875 bits per heavy atom. The van der Waals surface area contributed by atoms with E-state index >= 15 is 0 Å². The summed E-state index contributed by atoms with van der Waals surface area (Å²) in [4.78, 5) is 9.43. The van der Waals surface area contributed by atoms with E-state index in [1.165, 1.54) is 17.7 Å². The van der Waals surface area contributed by atoms with E-state index < -0.39 is 11.6 Å². The molecule has 32 heavy (non-hydrogen) atoms. The molecule has 160 valence electrons. The molecule has 2 aromatic heterocycles. The van der Waals surface area contributed by atoms with E-state index in [0.29, 0.717) is 12.1 Å². The Bertz CT molecular complexity index is 1410. The summed E-state index contributed by atoms with van der Waals surface area (Å²) in [6.45, 7) is 5.47. The van der Waals surface area contributed by atoms with Crippen LogP contribution in [0.2, 0.25) is 0 Å².